The third kappa shape index (κ3) is 3.32. The van der Waals surface area contributed by atoms with Gasteiger partial charge in [-0.2, -0.15) is 0 Å². The molecule has 0 saturated carbocycles. The molecule has 0 fully saturated rings. The van der Waals surface area contributed by atoms with Crippen LogP contribution in [0.4, 0.5) is 5.69 Å². The van der Waals surface area contributed by atoms with Crippen molar-refractivity contribution in [1.29, 1.82) is 0 Å². The molecule has 26 heavy (non-hydrogen) atoms. The molecule has 4 rings (SSSR count). The molecule has 128 valence electrons. The van der Waals surface area contributed by atoms with Gasteiger partial charge in [-0.05, 0) is 59.7 Å². The Balaban J connectivity index is 1.72. The molecule has 4 nitrogen and oxygen atoms in total. The number of anilines is 1. The third-order valence-corrected chi connectivity index (χ3v) is 4.25. The molecule has 3 aromatic carbocycles. The molecular formula is C21H15ClN2O2. The predicted octanol–water partition coefficient (Wildman–Crippen LogP) is 5.77. The SMILES string of the molecule is CC(=O)Nc1cccc(-c2ccc3oc(-c4ccc(Cl)cc4)nc3c2)c1. The van der Waals surface area contributed by atoms with Gasteiger partial charge < -0.3 is 9.73 Å². The molecule has 0 spiro atoms. The van der Waals surface area contributed by atoms with E-state index in [1.165, 1.54) is 6.92 Å². The van der Waals surface area contributed by atoms with Crippen molar-refractivity contribution in [3.05, 3.63) is 71.8 Å². The number of hydrogen-bond donors (Lipinski definition) is 1. The minimum atomic E-state index is -0.0956. The summed E-state index contributed by atoms with van der Waals surface area (Å²) in [6.45, 7) is 1.49. The van der Waals surface area contributed by atoms with Crippen LogP contribution in [-0.2, 0) is 4.79 Å². The Bertz CT molecular complexity index is 1100. The second kappa shape index (κ2) is 6.65. The Morgan fingerprint density at radius 1 is 0.962 bits per heavy atom. The van der Waals surface area contributed by atoms with Gasteiger partial charge in [0, 0.05) is 23.2 Å². The molecule has 0 radical (unpaired) electrons. The summed E-state index contributed by atoms with van der Waals surface area (Å²) in [6.07, 6.45) is 0. The standard InChI is InChI=1S/C21H15ClN2O2/c1-13(25)23-18-4-2-3-15(11-18)16-7-10-20-19(12-16)24-21(26-20)14-5-8-17(22)9-6-14/h2-12H,1H3,(H,23,25). The highest BCUT2D eigenvalue weighted by molar-refractivity contribution is 6.30. The maximum Gasteiger partial charge on any atom is 0.227 e. The quantitative estimate of drug-likeness (QED) is 0.503. The fourth-order valence-corrected chi connectivity index (χ4v) is 2.93. The Labute approximate surface area is 155 Å². The number of rotatable bonds is 3. The summed E-state index contributed by atoms with van der Waals surface area (Å²) >= 11 is 5.93. The second-order valence-electron chi connectivity index (χ2n) is 5.97. The Morgan fingerprint density at radius 2 is 1.69 bits per heavy atom. The lowest BCUT2D eigenvalue weighted by molar-refractivity contribution is -0.114. The first-order valence-corrected chi connectivity index (χ1v) is 8.51. The van der Waals surface area contributed by atoms with Crippen LogP contribution in [0, 0.1) is 0 Å². The number of oxazole rings is 1. The van der Waals surface area contributed by atoms with Crippen molar-refractivity contribution in [3.63, 3.8) is 0 Å². The summed E-state index contributed by atoms with van der Waals surface area (Å²) < 4.78 is 5.85. The van der Waals surface area contributed by atoms with Crippen LogP contribution in [0.2, 0.25) is 5.02 Å². The van der Waals surface area contributed by atoms with E-state index in [-0.39, 0.29) is 5.91 Å². The minimum absolute atomic E-state index is 0.0956. The van der Waals surface area contributed by atoms with Crippen molar-refractivity contribution >= 4 is 34.3 Å². The average Bonchev–Trinajstić information content (AvgIpc) is 3.05. The third-order valence-electron chi connectivity index (χ3n) is 4.00. The normalized spacial score (nSPS) is 10.8. The molecule has 4 aromatic rings. The van der Waals surface area contributed by atoms with Crippen molar-refractivity contribution in [2.75, 3.05) is 5.32 Å². The number of carbonyl (C=O) groups excluding carboxylic acids is 1. The molecule has 0 bridgehead atoms. The maximum atomic E-state index is 11.3. The van der Waals surface area contributed by atoms with Crippen LogP contribution in [0.15, 0.2) is 71.1 Å². The van der Waals surface area contributed by atoms with Gasteiger partial charge in [0.05, 0.1) is 0 Å². The average molecular weight is 363 g/mol. The Kier molecular flexibility index (Phi) is 4.19. The zero-order chi connectivity index (χ0) is 18.1. The summed E-state index contributed by atoms with van der Waals surface area (Å²) in [5.41, 5.74) is 5.13. The van der Waals surface area contributed by atoms with Crippen LogP contribution >= 0.6 is 11.6 Å². The van der Waals surface area contributed by atoms with E-state index in [4.69, 9.17) is 16.0 Å². The number of benzene rings is 3. The number of nitrogens with one attached hydrogen (secondary N) is 1. The summed E-state index contributed by atoms with van der Waals surface area (Å²) in [7, 11) is 0. The molecule has 0 aliphatic heterocycles. The maximum absolute atomic E-state index is 11.3. The summed E-state index contributed by atoms with van der Waals surface area (Å²) in [5, 5.41) is 3.47. The number of aromatic nitrogens is 1. The van der Waals surface area contributed by atoms with Gasteiger partial charge in [-0.25, -0.2) is 4.98 Å². The first-order chi connectivity index (χ1) is 12.6. The largest absolute Gasteiger partial charge is 0.436 e. The summed E-state index contributed by atoms with van der Waals surface area (Å²) in [4.78, 5) is 15.8. The van der Waals surface area contributed by atoms with Gasteiger partial charge >= 0.3 is 0 Å². The van der Waals surface area contributed by atoms with Crippen LogP contribution in [0.25, 0.3) is 33.7 Å². The summed E-state index contributed by atoms with van der Waals surface area (Å²) in [6, 6.07) is 20.9. The van der Waals surface area contributed by atoms with Crippen molar-refractivity contribution in [2.45, 2.75) is 6.92 Å². The summed E-state index contributed by atoms with van der Waals surface area (Å²) in [5.74, 6) is 0.461. The zero-order valence-corrected chi connectivity index (χ0v) is 14.7. The lowest BCUT2D eigenvalue weighted by atomic mass is 10.0. The molecule has 1 N–H and O–H groups in total. The van der Waals surface area contributed by atoms with Gasteiger partial charge in [0.15, 0.2) is 5.58 Å². The van der Waals surface area contributed by atoms with Gasteiger partial charge in [0.2, 0.25) is 11.8 Å². The van der Waals surface area contributed by atoms with E-state index in [2.05, 4.69) is 10.3 Å². The number of hydrogen-bond acceptors (Lipinski definition) is 3. The van der Waals surface area contributed by atoms with Gasteiger partial charge in [-0.1, -0.05) is 29.8 Å². The number of nitrogens with zero attached hydrogens (tertiary/aromatic N) is 1. The van der Waals surface area contributed by atoms with E-state index >= 15 is 0 Å². The van der Waals surface area contributed by atoms with E-state index < -0.39 is 0 Å². The van der Waals surface area contributed by atoms with E-state index in [0.717, 1.165) is 33.5 Å². The monoisotopic (exact) mass is 362 g/mol. The zero-order valence-electron chi connectivity index (χ0n) is 14.0. The van der Waals surface area contributed by atoms with Crippen LogP contribution in [0.3, 0.4) is 0 Å². The molecule has 5 heteroatoms. The van der Waals surface area contributed by atoms with Gasteiger partial charge in [-0.3, -0.25) is 4.79 Å². The van der Waals surface area contributed by atoms with Gasteiger partial charge in [-0.15, -0.1) is 0 Å². The first kappa shape index (κ1) is 16.4. The highest BCUT2D eigenvalue weighted by Crippen LogP contribution is 2.30. The van der Waals surface area contributed by atoms with Crippen LogP contribution in [-0.4, -0.2) is 10.9 Å². The highest BCUT2D eigenvalue weighted by atomic mass is 35.5. The van der Waals surface area contributed by atoms with Crippen LogP contribution < -0.4 is 5.32 Å². The van der Waals surface area contributed by atoms with Gasteiger partial charge in [0.1, 0.15) is 5.52 Å². The lowest BCUT2D eigenvalue weighted by Gasteiger charge is -2.05. The first-order valence-electron chi connectivity index (χ1n) is 8.13. The Morgan fingerprint density at radius 3 is 2.46 bits per heavy atom. The van der Waals surface area contributed by atoms with Crippen molar-refractivity contribution in [2.24, 2.45) is 0 Å². The van der Waals surface area contributed by atoms with E-state index in [0.29, 0.717) is 10.9 Å². The van der Waals surface area contributed by atoms with Crippen LogP contribution in [0.5, 0.6) is 0 Å². The molecule has 1 aromatic heterocycles. The highest BCUT2D eigenvalue weighted by Gasteiger charge is 2.10. The number of halogens is 1. The van der Waals surface area contributed by atoms with E-state index in [1.54, 1.807) is 0 Å². The van der Waals surface area contributed by atoms with Crippen molar-refractivity contribution < 1.29 is 9.21 Å². The molecule has 0 aliphatic carbocycles. The van der Waals surface area contributed by atoms with E-state index in [9.17, 15) is 4.79 Å². The Hall–Kier alpha value is -3.11. The fourth-order valence-electron chi connectivity index (χ4n) is 2.80. The van der Waals surface area contributed by atoms with Gasteiger partial charge in [0.25, 0.3) is 0 Å². The number of fused-ring (bicyclic) bond motifs is 1. The molecular weight excluding hydrogens is 348 g/mol. The number of carbonyl (C=O) groups is 1. The number of amides is 1. The smallest absolute Gasteiger partial charge is 0.227 e. The topological polar surface area (TPSA) is 55.1 Å². The predicted molar refractivity (Wildman–Crippen MR) is 104 cm³/mol. The fraction of sp³-hybridized carbons (Fsp3) is 0.0476. The molecule has 1 heterocycles. The van der Waals surface area contributed by atoms with E-state index in [1.807, 2.05) is 66.7 Å². The van der Waals surface area contributed by atoms with Crippen LogP contribution in [0.1, 0.15) is 6.92 Å². The minimum Gasteiger partial charge on any atom is -0.436 e. The molecule has 0 atom stereocenters. The van der Waals surface area contributed by atoms with Crippen molar-refractivity contribution in [3.8, 4) is 22.6 Å². The molecule has 0 unspecified atom stereocenters. The lowest BCUT2D eigenvalue weighted by Crippen LogP contribution is -2.05. The second-order valence-corrected chi connectivity index (χ2v) is 6.41. The molecule has 0 aliphatic rings. The van der Waals surface area contributed by atoms with Crippen molar-refractivity contribution in [1.82, 2.24) is 4.98 Å². The molecule has 1 amide bonds. The molecule has 0 saturated heterocycles.